The van der Waals surface area contributed by atoms with E-state index in [9.17, 15) is 4.39 Å². The number of hydrogen-bond acceptors (Lipinski definition) is 2. The van der Waals surface area contributed by atoms with Gasteiger partial charge < -0.3 is 5.32 Å². The van der Waals surface area contributed by atoms with E-state index in [4.69, 9.17) is 0 Å². The zero-order valence-electron chi connectivity index (χ0n) is 12.2. The Kier molecular flexibility index (Phi) is 5.30. The largest absolute Gasteiger partial charge is 0.311 e. The monoisotopic (exact) mass is 275 g/mol. The lowest BCUT2D eigenvalue weighted by molar-refractivity contribution is 0.577. The maximum absolute atomic E-state index is 13.0. The Morgan fingerprint density at radius 2 is 2.10 bits per heavy atom. The summed E-state index contributed by atoms with van der Waals surface area (Å²) in [5.41, 5.74) is 3.37. The predicted molar refractivity (Wildman–Crippen MR) is 79.1 cm³/mol. The second kappa shape index (κ2) is 7.20. The molecule has 0 saturated heterocycles. The maximum atomic E-state index is 13.0. The molecule has 0 bridgehead atoms. The van der Waals surface area contributed by atoms with Crippen LogP contribution in [0.15, 0.2) is 30.3 Å². The highest BCUT2D eigenvalue weighted by atomic mass is 19.1. The Bertz CT molecular complexity index is 548. The van der Waals surface area contributed by atoms with Gasteiger partial charge in [0.05, 0.1) is 11.4 Å². The van der Waals surface area contributed by atoms with E-state index in [1.165, 1.54) is 11.8 Å². The summed E-state index contributed by atoms with van der Waals surface area (Å²) in [4.78, 5) is 0. The Morgan fingerprint density at radius 3 is 2.80 bits per heavy atom. The van der Waals surface area contributed by atoms with Gasteiger partial charge in [0.25, 0.3) is 0 Å². The van der Waals surface area contributed by atoms with E-state index in [0.717, 1.165) is 43.7 Å². The van der Waals surface area contributed by atoms with E-state index >= 15 is 0 Å². The topological polar surface area (TPSA) is 29.9 Å². The molecule has 0 atom stereocenters. The van der Waals surface area contributed by atoms with Gasteiger partial charge in [-0.3, -0.25) is 4.68 Å². The molecule has 0 unspecified atom stereocenters. The lowest BCUT2D eigenvalue weighted by Crippen LogP contribution is -2.19. The first-order valence-electron chi connectivity index (χ1n) is 7.23. The first-order chi connectivity index (χ1) is 9.72. The van der Waals surface area contributed by atoms with Gasteiger partial charge in [0.2, 0.25) is 0 Å². The van der Waals surface area contributed by atoms with Crippen molar-refractivity contribution in [3.05, 3.63) is 53.1 Å². The number of nitrogens with zero attached hydrogens (tertiary/aromatic N) is 2. The van der Waals surface area contributed by atoms with Crippen molar-refractivity contribution in [3.8, 4) is 0 Å². The molecule has 1 heterocycles. The standard InChI is InChI=1S/C16H22FN3/c1-3-15-11-16(20(4-2)19-15)12-18-9-8-13-6-5-7-14(17)10-13/h5-7,10-11,18H,3-4,8-9,12H2,1-2H3. The number of benzene rings is 1. The molecule has 2 aromatic rings. The van der Waals surface area contributed by atoms with Crippen molar-refractivity contribution >= 4 is 0 Å². The van der Waals surface area contributed by atoms with Crippen LogP contribution in [0.1, 0.15) is 30.8 Å². The number of aryl methyl sites for hydroxylation is 2. The van der Waals surface area contributed by atoms with Crippen molar-refractivity contribution in [2.24, 2.45) is 0 Å². The van der Waals surface area contributed by atoms with E-state index in [1.807, 2.05) is 10.7 Å². The minimum absolute atomic E-state index is 0.167. The van der Waals surface area contributed by atoms with Gasteiger partial charge in [-0.25, -0.2) is 4.39 Å². The summed E-state index contributed by atoms with van der Waals surface area (Å²) in [7, 11) is 0. The molecule has 3 nitrogen and oxygen atoms in total. The fourth-order valence-electron chi connectivity index (χ4n) is 2.25. The van der Waals surface area contributed by atoms with Gasteiger partial charge in [-0.2, -0.15) is 5.10 Å². The SMILES string of the molecule is CCc1cc(CNCCc2cccc(F)c2)n(CC)n1. The van der Waals surface area contributed by atoms with Crippen LogP contribution in [-0.2, 0) is 25.9 Å². The smallest absolute Gasteiger partial charge is 0.123 e. The molecule has 4 heteroatoms. The highest BCUT2D eigenvalue weighted by Crippen LogP contribution is 2.06. The Labute approximate surface area is 119 Å². The molecule has 20 heavy (non-hydrogen) atoms. The summed E-state index contributed by atoms with van der Waals surface area (Å²) in [6.07, 6.45) is 1.79. The summed E-state index contributed by atoms with van der Waals surface area (Å²) in [6.45, 7) is 6.74. The van der Waals surface area contributed by atoms with Gasteiger partial charge in [-0.05, 0) is 50.1 Å². The van der Waals surface area contributed by atoms with E-state index in [2.05, 4.69) is 30.3 Å². The van der Waals surface area contributed by atoms with Crippen LogP contribution in [0.3, 0.4) is 0 Å². The van der Waals surface area contributed by atoms with Crippen molar-refractivity contribution in [3.63, 3.8) is 0 Å². The minimum atomic E-state index is -0.167. The second-order valence-electron chi connectivity index (χ2n) is 4.85. The summed E-state index contributed by atoms with van der Waals surface area (Å²) >= 11 is 0. The van der Waals surface area contributed by atoms with Gasteiger partial charge in [-0.1, -0.05) is 19.1 Å². The van der Waals surface area contributed by atoms with Crippen LogP contribution in [0.4, 0.5) is 4.39 Å². The molecule has 0 aliphatic heterocycles. The van der Waals surface area contributed by atoms with Crippen molar-refractivity contribution < 1.29 is 4.39 Å². The number of rotatable bonds is 7. The molecule has 0 fully saturated rings. The molecule has 1 aromatic carbocycles. The normalized spacial score (nSPS) is 10.9. The predicted octanol–water partition coefficient (Wildman–Crippen LogP) is 2.94. The number of nitrogens with one attached hydrogen (secondary N) is 1. The average Bonchev–Trinajstić information content (AvgIpc) is 2.86. The Balaban J connectivity index is 1.82. The van der Waals surface area contributed by atoms with Crippen LogP contribution in [0.5, 0.6) is 0 Å². The lowest BCUT2D eigenvalue weighted by Gasteiger charge is -2.07. The molecule has 1 aromatic heterocycles. The Morgan fingerprint density at radius 1 is 1.25 bits per heavy atom. The van der Waals surface area contributed by atoms with Crippen molar-refractivity contribution in [1.29, 1.82) is 0 Å². The molecule has 0 aliphatic rings. The second-order valence-corrected chi connectivity index (χ2v) is 4.85. The third-order valence-corrected chi connectivity index (χ3v) is 3.36. The van der Waals surface area contributed by atoms with Gasteiger partial charge in [-0.15, -0.1) is 0 Å². The highest BCUT2D eigenvalue weighted by molar-refractivity contribution is 5.16. The first-order valence-corrected chi connectivity index (χ1v) is 7.23. The minimum Gasteiger partial charge on any atom is -0.311 e. The van der Waals surface area contributed by atoms with Gasteiger partial charge in [0, 0.05) is 13.1 Å². The third-order valence-electron chi connectivity index (χ3n) is 3.36. The molecule has 0 saturated carbocycles. The third kappa shape index (κ3) is 3.90. The molecular formula is C16H22FN3. The van der Waals surface area contributed by atoms with Gasteiger partial charge >= 0.3 is 0 Å². The number of hydrogen-bond donors (Lipinski definition) is 1. The molecule has 0 radical (unpaired) electrons. The molecule has 2 rings (SSSR count). The summed E-state index contributed by atoms with van der Waals surface area (Å²) < 4.78 is 15.1. The zero-order chi connectivity index (χ0) is 14.4. The van der Waals surface area contributed by atoms with Crippen LogP contribution >= 0.6 is 0 Å². The van der Waals surface area contributed by atoms with Crippen LogP contribution < -0.4 is 5.32 Å². The summed E-state index contributed by atoms with van der Waals surface area (Å²) in [5.74, 6) is -0.167. The van der Waals surface area contributed by atoms with Gasteiger partial charge in [0.15, 0.2) is 0 Å². The zero-order valence-corrected chi connectivity index (χ0v) is 12.2. The molecule has 108 valence electrons. The Hall–Kier alpha value is -1.68. The fraction of sp³-hybridized carbons (Fsp3) is 0.438. The van der Waals surface area contributed by atoms with E-state index < -0.39 is 0 Å². The van der Waals surface area contributed by atoms with E-state index in [0.29, 0.717) is 0 Å². The molecule has 0 aliphatic carbocycles. The van der Waals surface area contributed by atoms with Crippen molar-refractivity contribution in [1.82, 2.24) is 15.1 Å². The summed E-state index contributed by atoms with van der Waals surface area (Å²) in [6, 6.07) is 8.93. The quantitative estimate of drug-likeness (QED) is 0.787. The molecular weight excluding hydrogens is 253 g/mol. The summed E-state index contributed by atoms with van der Waals surface area (Å²) in [5, 5.41) is 7.92. The average molecular weight is 275 g/mol. The molecule has 0 spiro atoms. The van der Waals surface area contributed by atoms with Crippen LogP contribution in [0, 0.1) is 5.82 Å². The van der Waals surface area contributed by atoms with Crippen LogP contribution in [-0.4, -0.2) is 16.3 Å². The van der Waals surface area contributed by atoms with Crippen LogP contribution in [0.25, 0.3) is 0 Å². The first kappa shape index (κ1) is 14.7. The van der Waals surface area contributed by atoms with Gasteiger partial charge in [0.1, 0.15) is 5.82 Å². The van der Waals surface area contributed by atoms with Crippen molar-refractivity contribution in [2.45, 2.75) is 39.8 Å². The maximum Gasteiger partial charge on any atom is 0.123 e. The van der Waals surface area contributed by atoms with E-state index in [-0.39, 0.29) is 5.82 Å². The molecule has 1 N–H and O–H groups in total. The van der Waals surface area contributed by atoms with Crippen molar-refractivity contribution in [2.75, 3.05) is 6.54 Å². The van der Waals surface area contributed by atoms with Crippen LogP contribution in [0.2, 0.25) is 0 Å². The highest BCUT2D eigenvalue weighted by Gasteiger charge is 2.04. The lowest BCUT2D eigenvalue weighted by atomic mass is 10.1. The number of aromatic nitrogens is 2. The fourth-order valence-corrected chi connectivity index (χ4v) is 2.25. The molecule has 0 amide bonds. The van der Waals surface area contributed by atoms with E-state index in [1.54, 1.807) is 12.1 Å². The number of halogens is 1.